The van der Waals surface area contributed by atoms with E-state index in [2.05, 4.69) is 0 Å². The monoisotopic (exact) mass is 265 g/mol. The molecular weight excluding hydrogens is 252 g/mol. The van der Waals surface area contributed by atoms with E-state index in [0.29, 0.717) is 4.90 Å². The predicted molar refractivity (Wildman–Crippen MR) is 69.5 cm³/mol. The van der Waals surface area contributed by atoms with Crippen molar-refractivity contribution in [1.29, 1.82) is 0 Å². The number of rotatable bonds is 3. The third kappa shape index (κ3) is 2.89. The van der Waals surface area contributed by atoms with Crippen LogP contribution in [-0.2, 0) is 0 Å². The van der Waals surface area contributed by atoms with Crippen molar-refractivity contribution in [3.8, 4) is 0 Å². The molecule has 94 valence electrons. The molecule has 0 fully saturated rings. The maximum Gasteiger partial charge on any atom is 0.137 e. The standard InChI is InChI=1S/C14H13F2NS/c1-9(17)12-3-2-4-13(16)14(12)18-11-7-5-10(15)6-8-11/h2-9H,17H2,1H3/t9-/m0/s1. The quantitative estimate of drug-likeness (QED) is 0.902. The summed E-state index contributed by atoms with van der Waals surface area (Å²) in [5, 5.41) is 0. The SMILES string of the molecule is C[C@H](N)c1cccc(F)c1Sc1ccc(F)cc1. The van der Waals surface area contributed by atoms with Gasteiger partial charge in [-0.1, -0.05) is 23.9 Å². The molecule has 4 heteroatoms. The van der Waals surface area contributed by atoms with Gasteiger partial charge in [-0.2, -0.15) is 0 Å². The third-order valence-corrected chi connectivity index (χ3v) is 3.66. The Balaban J connectivity index is 2.36. The molecule has 18 heavy (non-hydrogen) atoms. The lowest BCUT2D eigenvalue weighted by Crippen LogP contribution is -2.07. The molecule has 0 aliphatic rings. The zero-order chi connectivity index (χ0) is 13.1. The molecule has 2 rings (SSSR count). The van der Waals surface area contributed by atoms with Crippen molar-refractivity contribution in [3.05, 3.63) is 59.7 Å². The molecule has 0 saturated carbocycles. The van der Waals surface area contributed by atoms with Gasteiger partial charge in [0, 0.05) is 10.9 Å². The fourth-order valence-electron chi connectivity index (χ4n) is 1.61. The molecule has 0 unspecified atom stereocenters. The Hall–Kier alpha value is -1.39. The Kier molecular flexibility index (Phi) is 3.99. The summed E-state index contributed by atoms with van der Waals surface area (Å²) in [6.07, 6.45) is 0. The predicted octanol–water partition coefficient (Wildman–Crippen LogP) is 4.14. The fraction of sp³-hybridized carbons (Fsp3) is 0.143. The number of halogens is 2. The van der Waals surface area contributed by atoms with Crippen LogP contribution in [-0.4, -0.2) is 0 Å². The van der Waals surface area contributed by atoms with Crippen LogP contribution in [0.2, 0.25) is 0 Å². The van der Waals surface area contributed by atoms with Gasteiger partial charge in [0.1, 0.15) is 11.6 Å². The molecule has 0 amide bonds. The highest BCUT2D eigenvalue weighted by molar-refractivity contribution is 7.99. The van der Waals surface area contributed by atoms with Crippen molar-refractivity contribution in [2.75, 3.05) is 0 Å². The number of hydrogen-bond acceptors (Lipinski definition) is 2. The summed E-state index contributed by atoms with van der Waals surface area (Å²) < 4.78 is 26.6. The van der Waals surface area contributed by atoms with E-state index in [4.69, 9.17) is 5.73 Å². The normalized spacial score (nSPS) is 12.4. The van der Waals surface area contributed by atoms with E-state index in [9.17, 15) is 8.78 Å². The summed E-state index contributed by atoms with van der Waals surface area (Å²) in [5.74, 6) is -0.612. The molecule has 0 radical (unpaired) electrons. The average Bonchev–Trinajstić information content (AvgIpc) is 2.34. The highest BCUT2D eigenvalue weighted by atomic mass is 32.2. The van der Waals surface area contributed by atoms with Gasteiger partial charge in [0.2, 0.25) is 0 Å². The van der Waals surface area contributed by atoms with Gasteiger partial charge in [0.25, 0.3) is 0 Å². The molecule has 0 aliphatic heterocycles. The Morgan fingerprint density at radius 3 is 2.33 bits per heavy atom. The van der Waals surface area contributed by atoms with E-state index in [1.54, 1.807) is 24.3 Å². The Morgan fingerprint density at radius 1 is 1.06 bits per heavy atom. The summed E-state index contributed by atoms with van der Waals surface area (Å²) in [7, 11) is 0. The fourth-order valence-corrected chi connectivity index (χ4v) is 2.66. The van der Waals surface area contributed by atoms with Crippen molar-refractivity contribution in [3.63, 3.8) is 0 Å². The topological polar surface area (TPSA) is 26.0 Å². The van der Waals surface area contributed by atoms with Crippen LogP contribution in [0.15, 0.2) is 52.3 Å². The van der Waals surface area contributed by atoms with Gasteiger partial charge in [0.05, 0.1) is 4.90 Å². The Labute approximate surface area is 109 Å². The molecule has 0 aliphatic carbocycles. The minimum Gasteiger partial charge on any atom is -0.324 e. The van der Waals surface area contributed by atoms with Gasteiger partial charge in [-0.3, -0.25) is 0 Å². The first-order valence-corrected chi connectivity index (χ1v) is 6.37. The lowest BCUT2D eigenvalue weighted by atomic mass is 10.1. The second-order valence-corrected chi connectivity index (χ2v) is 5.09. The van der Waals surface area contributed by atoms with Crippen LogP contribution in [0.25, 0.3) is 0 Å². The maximum absolute atomic E-state index is 13.8. The van der Waals surface area contributed by atoms with Crippen LogP contribution in [0.1, 0.15) is 18.5 Å². The first kappa shape index (κ1) is 13.1. The van der Waals surface area contributed by atoms with E-state index >= 15 is 0 Å². The van der Waals surface area contributed by atoms with Crippen LogP contribution in [0.4, 0.5) is 8.78 Å². The molecule has 0 saturated heterocycles. The lowest BCUT2D eigenvalue weighted by Gasteiger charge is -2.13. The van der Waals surface area contributed by atoms with Crippen molar-refractivity contribution < 1.29 is 8.78 Å². The van der Waals surface area contributed by atoms with Crippen LogP contribution in [0.5, 0.6) is 0 Å². The molecule has 1 atom stereocenters. The minimum atomic E-state index is -0.306. The number of benzene rings is 2. The second kappa shape index (κ2) is 5.50. The Morgan fingerprint density at radius 2 is 1.72 bits per heavy atom. The Bertz CT molecular complexity index is 538. The molecule has 2 N–H and O–H groups in total. The van der Waals surface area contributed by atoms with Crippen molar-refractivity contribution in [1.82, 2.24) is 0 Å². The van der Waals surface area contributed by atoms with E-state index in [1.807, 2.05) is 6.92 Å². The molecule has 0 spiro atoms. The summed E-state index contributed by atoms with van der Waals surface area (Å²) in [4.78, 5) is 1.28. The first-order valence-electron chi connectivity index (χ1n) is 5.55. The van der Waals surface area contributed by atoms with E-state index in [-0.39, 0.29) is 17.7 Å². The van der Waals surface area contributed by atoms with Crippen molar-refractivity contribution >= 4 is 11.8 Å². The van der Waals surface area contributed by atoms with E-state index < -0.39 is 0 Å². The summed E-state index contributed by atoms with van der Waals surface area (Å²) in [6.45, 7) is 1.81. The largest absolute Gasteiger partial charge is 0.324 e. The van der Waals surface area contributed by atoms with Crippen LogP contribution in [0, 0.1) is 11.6 Å². The molecule has 0 aromatic heterocycles. The van der Waals surface area contributed by atoms with Crippen LogP contribution >= 0.6 is 11.8 Å². The smallest absolute Gasteiger partial charge is 0.137 e. The second-order valence-electron chi connectivity index (χ2n) is 4.00. The van der Waals surface area contributed by atoms with Gasteiger partial charge in [0.15, 0.2) is 0 Å². The lowest BCUT2D eigenvalue weighted by molar-refractivity contribution is 0.591. The van der Waals surface area contributed by atoms with Gasteiger partial charge in [-0.05, 0) is 42.8 Å². The highest BCUT2D eigenvalue weighted by Crippen LogP contribution is 2.34. The van der Waals surface area contributed by atoms with E-state index in [0.717, 1.165) is 10.5 Å². The molecule has 2 aromatic carbocycles. The van der Waals surface area contributed by atoms with Crippen molar-refractivity contribution in [2.24, 2.45) is 5.73 Å². The van der Waals surface area contributed by atoms with E-state index in [1.165, 1.54) is 30.0 Å². The summed E-state index contributed by atoms with van der Waals surface area (Å²) >= 11 is 1.26. The molecule has 2 aromatic rings. The summed E-state index contributed by atoms with van der Waals surface area (Å²) in [6, 6.07) is 10.6. The van der Waals surface area contributed by atoms with Crippen molar-refractivity contribution in [2.45, 2.75) is 22.8 Å². The zero-order valence-electron chi connectivity index (χ0n) is 9.86. The van der Waals surface area contributed by atoms with Gasteiger partial charge in [-0.15, -0.1) is 0 Å². The molecule has 0 bridgehead atoms. The van der Waals surface area contributed by atoms with Gasteiger partial charge < -0.3 is 5.73 Å². The first-order chi connectivity index (χ1) is 8.58. The maximum atomic E-state index is 13.8. The summed E-state index contributed by atoms with van der Waals surface area (Å²) in [5.41, 5.74) is 6.58. The molecular formula is C14H13F2NS. The van der Waals surface area contributed by atoms with Crippen LogP contribution < -0.4 is 5.73 Å². The average molecular weight is 265 g/mol. The third-order valence-electron chi connectivity index (χ3n) is 2.52. The zero-order valence-corrected chi connectivity index (χ0v) is 10.7. The number of hydrogen-bond donors (Lipinski definition) is 1. The minimum absolute atomic E-state index is 0.247. The molecule has 0 heterocycles. The highest BCUT2D eigenvalue weighted by Gasteiger charge is 2.12. The number of nitrogens with two attached hydrogens (primary N) is 1. The van der Waals surface area contributed by atoms with Crippen LogP contribution in [0.3, 0.4) is 0 Å². The molecule has 1 nitrogen and oxygen atoms in total. The van der Waals surface area contributed by atoms with Gasteiger partial charge >= 0.3 is 0 Å². The van der Waals surface area contributed by atoms with Gasteiger partial charge in [-0.25, -0.2) is 8.78 Å².